The van der Waals surface area contributed by atoms with E-state index in [1.165, 1.54) is 4.31 Å². The molecular formula is C21H31N2O7S-. The third kappa shape index (κ3) is 6.96. The van der Waals surface area contributed by atoms with E-state index in [0.29, 0.717) is 13.0 Å². The fourth-order valence-corrected chi connectivity index (χ4v) is 4.66. The second-order valence-corrected chi connectivity index (χ2v) is 9.39. The molecule has 2 N–H and O–H groups in total. The Balaban J connectivity index is 1.65. The van der Waals surface area contributed by atoms with Crippen LogP contribution in [0.3, 0.4) is 0 Å². The van der Waals surface area contributed by atoms with Crippen molar-refractivity contribution in [2.45, 2.75) is 51.2 Å². The lowest BCUT2D eigenvalue weighted by molar-refractivity contribution is -0.0907. The quantitative estimate of drug-likeness (QED) is 0.509. The van der Waals surface area contributed by atoms with Crippen molar-refractivity contribution in [1.82, 2.24) is 9.62 Å². The van der Waals surface area contributed by atoms with Gasteiger partial charge >= 0.3 is 6.09 Å². The molecule has 2 saturated heterocycles. The Hall–Kier alpha value is -1.56. The summed E-state index contributed by atoms with van der Waals surface area (Å²) in [7, 11) is 0. The number of carbonyl (C=O) groups excluding carboxylic acids is 1. The summed E-state index contributed by atoms with van der Waals surface area (Å²) in [6.45, 7) is 4.78. The molecule has 10 heteroatoms. The number of aliphatic hydroxyl groups excluding tert-OH is 1. The molecule has 2 aliphatic heterocycles. The molecule has 1 amide bonds. The number of ether oxygens (including phenoxy) is 3. The lowest BCUT2D eigenvalue weighted by Gasteiger charge is -2.32. The van der Waals surface area contributed by atoms with Crippen molar-refractivity contribution in [3.8, 4) is 0 Å². The van der Waals surface area contributed by atoms with Gasteiger partial charge in [-0.15, -0.1) is 0 Å². The van der Waals surface area contributed by atoms with Gasteiger partial charge in [-0.05, 0) is 24.3 Å². The molecule has 1 aromatic rings. The molecule has 1 aromatic carbocycles. The van der Waals surface area contributed by atoms with E-state index in [1.807, 2.05) is 44.2 Å². The number of rotatable bonds is 10. The second-order valence-electron chi connectivity index (χ2n) is 8.43. The SMILES string of the molecule is CC(C)CN(CC(O)C(Cc1ccccc1)NC(=O)OC1COC2OCCC12)S(=O)[O-]. The number of amides is 1. The highest BCUT2D eigenvalue weighted by Crippen LogP contribution is 2.33. The van der Waals surface area contributed by atoms with Gasteiger partial charge in [0.05, 0.1) is 31.3 Å². The standard InChI is InChI=1S/C21H32N2O7S/c1-14(2)11-23(31(26)27)12-18(24)17(10-15-6-4-3-5-7-15)22-21(25)30-19-13-29-20-16(19)8-9-28-20/h3-7,14,16-20,24H,8-13H2,1-2H3,(H,22,25)(H,26,27)/p-1. The molecule has 2 heterocycles. The van der Waals surface area contributed by atoms with E-state index in [4.69, 9.17) is 14.2 Å². The first kappa shape index (κ1) is 24.1. The largest absolute Gasteiger partial charge is 0.760 e. The first-order valence-electron chi connectivity index (χ1n) is 10.6. The van der Waals surface area contributed by atoms with E-state index in [1.54, 1.807) is 0 Å². The highest BCUT2D eigenvalue weighted by atomic mass is 32.2. The van der Waals surface area contributed by atoms with Crippen molar-refractivity contribution in [2.24, 2.45) is 11.8 Å². The molecule has 0 saturated carbocycles. The third-order valence-corrected chi connectivity index (χ3v) is 6.20. The van der Waals surface area contributed by atoms with E-state index >= 15 is 0 Å². The fourth-order valence-electron chi connectivity index (χ4n) is 3.96. The molecule has 0 bridgehead atoms. The highest BCUT2D eigenvalue weighted by Gasteiger charge is 2.44. The number of hydrogen-bond donors (Lipinski definition) is 2. The monoisotopic (exact) mass is 455 g/mol. The van der Waals surface area contributed by atoms with Crippen molar-refractivity contribution in [1.29, 1.82) is 0 Å². The number of alkyl carbamates (subject to hydrolysis) is 1. The molecular weight excluding hydrogens is 424 g/mol. The number of carbonyl (C=O) groups is 1. The molecule has 0 aromatic heterocycles. The maximum Gasteiger partial charge on any atom is 0.407 e. The number of nitrogens with zero attached hydrogens (tertiary/aromatic N) is 1. The molecule has 2 aliphatic rings. The Morgan fingerprint density at radius 2 is 2.06 bits per heavy atom. The van der Waals surface area contributed by atoms with Gasteiger partial charge in [0.25, 0.3) is 0 Å². The van der Waals surface area contributed by atoms with Crippen LogP contribution in [0.2, 0.25) is 0 Å². The van der Waals surface area contributed by atoms with E-state index in [9.17, 15) is 18.7 Å². The van der Waals surface area contributed by atoms with E-state index in [0.717, 1.165) is 12.0 Å². The summed E-state index contributed by atoms with van der Waals surface area (Å²) in [6.07, 6.45) is -1.44. The number of aliphatic hydroxyl groups is 1. The maximum atomic E-state index is 12.6. The minimum absolute atomic E-state index is 0.00710. The second kappa shape index (κ2) is 11.3. The van der Waals surface area contributed by atoms with Gasteiger partial charge in [-0.3, -0.25) is 4.21 Å². The molecule has 3 rings (SSSR count). The van der Waals surface area contributed by atoms with Gasteiger partial charge in [0, 0.05) is 24.4 Å². The summed E-state index contributed by atoms with van der Waals surface area (Å²) in [5, 5.41) is 13.6. The molecule has 0 aliphatic carbocycles. The molecule has 0 spiro atoms. The van der Waals surface area contributed by atoms with E-state index < -0.39 is 35.6 Å². The molecule has 0 radical (unpaired) electrons. The third-order valence-electron chi connectivity index (χ3n) is 5.48. The van der Waals surface area contributed by atoms with Crippen molar-refractivity contribution in [3.63, 3.8) is 0 Å². The Labute approximate surface area is 185 Å². The van der Waals surface area contributed by atoms with Crippen molar-refractivity contribution in [3.05, 3.63) is 35.9 Å². The molecule has 6 atom stereocenters. The predicted octanol–water partition coefficient (Wildman–Crippen LogP) is 1.20. The zero-order valence-electron chi connectivity index (χ0n) is 17.8. The number of fused-ring (bicyclic) bond motifs is 1. The summed E-state index contributed by atoms with van der Waals surface area (Å²) in [5.74, 6) is 0.104. The predicted molar refractivity (Wildman–Crippen MR) is 112 cm³/mol. The maximum absolute atomic E-state index is 12.6. The van der Waals surface area contributed by atoms with Crippen LogP contribution in [0.25, 0.3) is 0 Å². The Morgan fingerprint density at radius 1 is 1.32 bits per heavy atom. The van der Waals surface area contributed by atoms with Crippen LogP contribution >= 0.6 is 0 Å². The summed E-state index contributed by atoms with van der Waals surface area (Å²) in [6, 6.07) is 8.65. The highest BCUT2D eigenvalue weighted by molar-refractivity contribution is 7.76. The van der Waals surface area contributed by atoms with Gasteiger partial charge in [-0.1, -0.05) is 44.2 Å². The van der Waals surface area contributed by atoms with E-state index in [2.05, 4.69) is 5.32 Å². The zero-order chi connectivity index (χ0) is 22.4. The summed E-state index contributed by atoms with van der Waals surface area (Å²) < 4.78 is 40.9. The van der Waals surface area contributed by atoms with E-state index in [-0.39, 0.29) is 37.8 Å². The fraction of sp³-hybridized carbons (Fsp3) is 0.667. The number of hydrogen-bond acceptors (Lipinski definition) is 7. The van der Waals surface area contributed by atoms with Gasteiger partial charge in [-0.2, -0.15) is 0 Å². The molecule has 2 fully saturated rings. The molecule has 31 heavy (non-hydrogen) atoms. The van der Waals surface area contributed by atoms with Gasteiger partial charge in [0.2, 0.25) is 0 Å². The molecule has 174 valence electrons. The average Bonchev–Trinajstić information content (AvgIpc) is 3.32. The average molecular weight is 456 g/mol. The van der Waals surface area contributed by atoms with Gasteiger partial charge in [0.1, 0.15) is 6.10 Å². The van der Waals surface area contributed by atoms with Crippen molar-refractivity contribution >= 4 is 17.4 Å². The molecule has 6 unspecified atom stereocenters. The summed E-state index contributed by atoms with van der Waals surface area (Å²) >= 11 is -2.48. The lowest BCUT2D eigenvalue weighted by atomic mass is 10.0. The van der Waals surface area contributed by atoms with Crippen molar-refractivity contribution in [2.75, 3.05) is 26.3 Å². The zero-order valence-corrected chi connectivity index (χ0v) is 18.7. The van der Waals surface area contributed by atoms with Gasteiger partial charge in [-0.25, -0.2) is 9.10 Å². The number of benzene rings is 1. The van der Waals surface area contributed by atoms with Crippen LogP contribution in [0.15, 0.2) is 30.3 Å². The van der Waals surface area contributed by atoms with Crippen molar-refractivity contribution < 1.29 is 32.9 Å². The van der Waals surface area contributed by atoms with Crippen LogP contribution in [0, 0.1) is 11.8 Å². The normalized spacial score (nSPS) is 25.9. The number of nitrogens with one attached hydrogen (secondary N) is 1. The Kier molecular flexibility index (Phi) is 8.82. The summed E-state index contributed by atoms with van der Waals surface area (Å²) in [4.78, 5) is 12.6. The summed E-state index contributed by atoms with van der Waals surface area (Å²) in [5.41, 5.74) is 0.902. The van der Waals surface area contributed by atoms with Crippen LogP contribution in [0.1, 0.15) is 25.8 Å². The minimum atomic E-state index is -2.48. The van der Waals surface area contributed by atoms with Gasteiger partial charge < -0.3 is 29.2 Å². The Bertz CT molecular complexity index is 736. The Morgan fingerprint density at radius 3 is 2.74 bits per heavy atom. The van der Waals surface area contributed by atoms with Crippen LogP contribution in [-0.2, 0) is 31.9 Å². The van der Waals surface area contributed by atoms with Gasteiger partial charge in [0.15, 0.2) is 6.29 Å². The topological polar surface area (TPSA) is 120 Å². The van der Waals surface area contributed by atoms with Crippen LogP contribution in [0.4, 0.5) is 4.79 Å². The first-order chi connectivity index (χ1) is 14.8. The van der Waals surface area contributed by atoms with Crippen LogP contribution in [-0.4, -0.2) is 75.1 Å². The molecule has 9 nitrogen and oxygen atoms in total. The smallest absolute Gasteiger partial charge is 0.407 e. The lowest BCUT2D eigenvalue weighted by Crippen LogP contribution is -2.51. The van der Waals surface area contributed by atoms with Crippen LogP contribution < -0.4 is 5.32 Å². The van der Waals surface area contributed by atoms with Crippen LogP contribution in [0.5, 0.6) is 0 Å². The first-order valence-corrected chi connectivity index (χ1v) is 11.6. The minimum Gasteiger partial charge on any atom is -0.760 e.